The van der Waals surface area contributed by atoms with Gasteiger partial charge in [0.15, 0.2) is 6.10 Å². The van der Waals surface area contributed by atoms with Gasteiger partial charge < -0.3 is 19.9 Å². The van der Waals surface area contributed by atoms with Crippen LogP contribution in [0.15, 0.2) is 54.6 Å². The lowest BCUT2D eigenvalue weighted by Gasteiger charge is -2.12. The van der Waals surface area contributed by atoms with Crippen molar-refractivity contribution in [3.63, 3.8) is 0 Å². The molecule has 0 aliphatic rings. The zero-order valence-electron chi connectivity index (χ0n) is 13.1. The lowest BCUT2D eigenvalue weighted by atomic mass is 10.2. The van der Waals surface area contributed by atoms with Gasteiger partial charge >= 0.3 is 5.97 Å². The van der Waals surface area contributed by atoms with Crippen molar-refractivity contribution in [3.8, 4) is 11.5 Å². The van der Waals surface area contributed by atoms with Crippen LogP contribution in [0.2, 0.25) is 0 Å². The maximum atomic E-state index is 10.8. The topological polar surface area (TPSA) is 67.8 Å². The highest BCUT2D eigenvalue weighted by molar-refractivity contribution is 5.72. The zero-order valence-corrected chi connectivity index (χ0v) is 13.1. The molecule has 122 valence electrons. The van der Waals surface area contributed by atoms with Gasteiger partial charge in [0.1, 0.15) is 18.1 Å². The van der Waals surface area contributed by atoms with Crippen LogP contribution in [0, 0.1) is 0 Å². The van der Waals surface area contributed by atoms with Gasteiger partial charge in [-0.15, -0.1) is 0 Å². The van der Waals surface area contributed by atoms with E-state index in [1.807, 2.05) is 48.5 Å². The first-order valence-corrected chi connectivity index (χ1v) is 7.52. The second-order valence-electron chi connectivity index (χ2n) is 5.08. The van der Waals surface area contributed by atoms with Crippen LogP contribution in [0.5, 0.6) is 11.5 Å². The lowest BCUT2D eigenvalue weighted by molar-refractivity contribution is -0.144. The molecule has 2 N–H and O–H groups in total. The number of carbonyl (C=O) groups is 1. The van der Waals surface area contributed by atoms with Crippen LogP contribution in [-0.2, 0) is 11.3 Å². The standard InChI is InChI=1S/C18H21NO4/c1-14(18(20)21)23-17-9-5-6-15(12-17)13-19-10-11-22-16-7-3-2-4-8-16/h2-9,12,14,19H,10-11,13H2,1H3,(H,20,21). The van der Waals surface area contributed by atoms with Gasteiger partial charge in [0.25, 0.3) is 0 Å². The molecule has 0 heterocycles. The van der Waals surface area contributed by atoms with Gasteiger partial charge in [-0.25, -0.2) is 4.79 Å². The van der Waals surface area contributed by atoms with Crippen molar-refractivity contribution in [1.82, 2.24) is 5.32 Å². The average Bonchev–Trinajstić information content (AvgIpc) is 2.56. The molecule has 0 aliphatic carbocycles. The molecule has 2 aromatic carbocycles. The maximum absolute atomic E-state index is 10.8. The van der Waals surface area contributed by atoms with Crippen molar-refractivity contribution in [2.45, 2.75) is 19.6 Å². The van der Waals surface area contributed by atoms with E-state index in [9.17, 15) is 4.79 Å². The fraction of sp³-hybridized carbons (Fsp3) is 0.278. The molecule has 0 aromatic heterocycles. The molecule has 1 atom stereocenters. The number of rotatable bonds is 9. The molecule has 0 aliphatic heterocycles. The Kier molecular flexibility index (Phi) is 6.44. The Hall–Kier alpha value is -2.53. The Morgan fingerprint density at radius 2 is 1.87 bits per heavy atom. The minimum atomic E-state index is -0.980. The highest BCUT2D eigenvalue weighted by Gasteiger charge is 2.12. The fourth-order valence-electron chi connectivity index (χ4n) is 1.97. The number of nitrogens with one attached hydrogen (secondary N) is 1. The first kappa shape index (κ1) is 16.8. The van der Waals surface area contributed by atoms with Crippen LogP contribution >= 0.6 is 0 Å². The van der Waals surface area contributed by atoms with E-state index in [2.05, 4.69) is 5.32 Å². The number of carboxylic acid groups (broad SMARTS) is 1. The molecule has 5 heteroatoms. The van der Waals surface area contributed by atoms with E-state index in [1.54, 1.807) is 6.07 Å². The monoisotopic (exact) mass is 315 g/mol. The minimum absolute atomic E-state index is 0.555. The molecule has 2 aromatic rings. The third kappa shape index (κ3) is 6.00. The van der Waals surface area contributed by atoms with Crippen molar-refractivity contribution in [3.05, 3.63) is 60.2 Å². The Balaban J connectivity index is 1.72. The largest absolute Gasteiger partial charge is 0.492 e. The third-order valence-corrected chi connectivity index (χ3v) is 3.18. The van der Waals surface area contributed by atoms with Crippen LogP contribution in [0.4, 0.5) is 0 Å². The summed E-state index contributed by atoms with van der Waals surface area (Å²) in [5, 5.41) is 12.1. The van der Waals surface area contributed by atoms with E-state index in [-0.39, 0.29) is 0 Å². The number of hydrogen-bond donors (Lipinski definition) is 2. The van der Waals surface area contributed by atoms with Crippen molar-refractivity contribution < 1.29 is 19.4 Å². The molecular weight excluding hydrogens is 294 g/mol. The predicted molar refractivity (Wildman–Crippen MR) is 87.8 cm³/mol. The average molecular weight is 315 g/mol. The molecule has 0 spiro atoms. The SMILES string of the molecule is CC(Oc1cccc(CNCCOc2ccccc2)c1)C(=O)O. The van der Waals surface area contributed by atoms with Gasteiger partial charge in [-0.3, -0.25) is 0 Å². The molecule has 0 fully saturated rings. The Labute approximate surface area is 135 Å². The minimum Gasteiger partial charge on any atom is -0.492 e. The number of ether oxygens (including phenoxy) is 2. The third-order valence-electron chi connectivity index (χ3n) is 3.18. The fourth-order valence-corrected chi connectivity index (χ4v) is 1.97. The van der Waals surface area contributed by atoms with Gasteiger partial charge in [-0.2, -0.15) is 0 Å². The summed E-state index contributed by atoms with van der Waals surface area (Å²) < 4.78 is 10.9. The highest BCUT2D eigenvalue weighted by atomic mass is 16.5. The molecular formula is C18H21NO4. The number of benzene rings is 2. The van der Waals surface area contributed by atoms with Gasteiger partial charge in [0, 0.05) is 13.1 Å². The first-order valence-electron chi connectivity index (χ1n) is 7.52. The normalized spacial score (nSPS) is 11.7. The van der Waals surface area contributed by atoms with Crippen LogP contribution in [0.25, 0.3) is 0 Å². The summed E-state index contributed by atoms with van der Waals surface area (Å²) in [6.45, 7) is 3.47. The van der Waals surface area contributed by atoms with Crippen molar-refractivity contribution in [1.29, 1.82) is 0 Å². The Morgan fingerprint density at radius 3 is 2.61 bits per heavy atom. The summed E-state index contributed by atoms with van der Waals surface area (Å²) in [6.07, 6.45) is -0.863. The van der Waals surface area contributed by atoms with Gasteiger partial charge in [0.05, 0.1) is 0 Å². The van der Waals surface area contributed by atoms with E-state index in [1.165, 1.54) is 6.92 Å². The number of hydrogen-bond acceptors (Lipinski definition) is 4. The number of para-hydroxylation sites is 1. The summed E-state index contributed by atoms with van der Waals surface area (Å²) in [4.78, 5) is 10.8. The van der Waals surface area contributed by atoms with E-state index in [0.29, 0.717) is 25.4 Å². The predicted octanol–water partition coefficient (Wildman–Crippen LogP) is 2.71. The van der Waals surface area contributed by atoms with E-state index < -0.39 is 12.1 Å². The smallest absolute Gasteiger partial charge is 0.344 e. The summed E-state index contributed by atoms with van der Waals surface area (Å²) in [7, 11) is 0. The quantitative estimate of drug-likeness (QED) is 0.696. The van der Waals surface area contributed by atoms with Crippen molar-refractivity contribution >= 4 is 5.97 Å². The van der Waals surface area contributed by atoms with Crippen molar-refractivity contribution in [2.75, 3.05) is 13.2 Å². The Bertz CT molecular complexity index is 615. The van der Waals surface area contributed by atoms with E-state index in [0.717, 1.165) is 11.3 Å². The molecule has 0 bridgehead atoms. The van der Waals surface area contributed by atoms with Crippen LogP contribution in [-0.4, -0.2) is 30.3 Å². The van der Waals surface area contributed by atoms with Gasteiger partial charge in [-0.1, -0.05) is 30.3 Å². The van der Waals surface area contributed by atoms with Crippen LogP contribution < -0.4 is 14.8 Å². The van der Waals surface area contributed by atoms with E-state index >= 15 is 0 Å². The molecule has 0 radical (unpaired) electrons. The van der Waals surface area contributed by atoms with Gasteiger partial charge in [0.2, 0.25) is 0 Å². The number of carboxylic acids is 1. The highest BCUT2D eigenvalue weighted by Crippen LogP contribution is 2.15. The molecule has 0 saturated heterocycles. The summed E-state index contributed by atoms with van der Waals surface area (Å²) in [5.74, 6) is 0.429. The van der Waals surface area contributed by atoms with Crippen LogP contribution in [0.1, 0.15) is 12.5 Å². The molecule has 0 saturated carbocycles. The zero-order chi connectivity index (χ0) is 16.5. The second kappa shape index (κ2) is 8.80. The Morgan fingerprint density at radius 1 is 1.13 bits per heavy atom. The van der Waals surface area contributed by atoms with Crippen molar-refractivity contribution in [2.24, 2.45) is 0 Å². The number of aliphatic carboxylic acids is 1. The second-order valence-corrected chi connectivity index (χ2v) is 5.08. The first-order chi connectivity index (χ1) is 11.1. The lowest BCUT2D eigenvalue weighted by Crippen LogP contribution is -2.23. The summed E-state index contributed by atoms with van der Waals surface area (Å²) in [6, 6.07) is 17.1. The molecule has 0 amide bonds. The van der Waals surface area contributed by atoms with Crippen LogP contribution in [0.3, 0.4) is 0 Å². The van der Waals surface area contributed by atoms with Gasteiger partial charge in [-0.05, 0) is 36.8 Å². The van der Waals surface area contributed by atoms with E-state index in [4.69, 9.17) is 14.6 Å². The maximum Gasteiger partial charge on any atom is 0.344 e. The summed E-state index contributed by atoms with van der Waals surface area (Å²) in [5.41, 5.74) is 1.03. The summed E-state index contributed by atoms with van der Waals surface area (Å²) >= 11 is 0. The molecule has 2 rings (SSSR count). The molecule has 23 heavy (non-hydrogen) atoms. The molecule has 1 unspecified atom stereocenters. The molecule has 5 nitrogen and oxygen atoms in total.